The fraction of sp³-hybridized carbons (Fsp3) is 0.238. The highest BCUT2D eigenvalue weighted by Crippen LogP contribution is 2.28. The standard InChI is InChI=1S/C21H21FN4O3/c1-2-24-8-7-18-19(15-11-23-25(12-15)9-10-27)13-26(21(28)20(18)24)16-3-5-17(6-4-16)29-14-22/h3-8,11-13,27H,2,9-10,14H2,1H3. The Labute approximate surface area is 166 Å². The van der Waals surface area contributed by atoms with Crippen molar-refractivity contribution in [2.75, 3.05) is 13.5 Å². The van der Waals surface area contributed by atoms with Crippen LogP contribution < -0.4 is 10.3 Å². The van der Waals surface area contributed by atoms with Gasteiger partial charge in [-0.1, -0.05) is 0 Å². The maximum absolute atomic E-state index is 13.3. The molecule has 0 saturated heterocycles. The third-order valence-electron chi connectivity index (χ3n) is 4.88. The van der Waals surface area contributed by atoms with Crippen molar-refractivity contribution in [1.29, 1.82) is 0 Å². The van der Waals surface area contributed by atoms with Gasteiger partial charge < -0.3 is 14.4 Å². The Morgan fingerprint density at radius 1 is 1.17 bits per heavy atom. The van der Waals surface area contributed by atoms with Crippen LogP contribution in [0.25, 0.3) is 27.7 Å². The molecule has 8 heteroatoms. The molecule has 0 atom stereocenters. The molecule has 4 rings (SSSR count). The van der Waals surface area contributed by atoms with Gasteiger partial charge in [0.2, 0.25) is 6.86 Å². The lowest BCUT2D eigenvalue weighted by atomic mass is 10.1. The summed E-state index contributed by atoms with van der Waals surface area (Å²) in [4.78, 5) is 13.3. The zero-order valence-electron chi connectivity index (χ0n) is 16.0. The molecule has 0 aliphatic rings. The monoisotopic (exact) mass is 396 g/mol. The fourth-order valence-electron chi connectivity index (χ4n) is 3.48. The summed E-state index contributed by atoms with van der Waals surface area (Å²) in [6.07, 6.45) is 7.26. The van der Waals surface area contributed by atoms with E-state index < -0.39 is 6.86 Å². The van der Waals surface area contributed by atoms with Crippen LogP contribution >= 0.6 is 0 Å². The molecule has 3 heterocycles. The summed E-state index contributed by atoms with van der Waals surface area (Å²) >= 11 is 0. The normalized spacial score (nSPS) is 11.3. The first-order chi connectivity index (χ1) is 14.2. The fourth-order valence-corrected chi connectivity index (χ4v) is 3.48. The van der Waals surface area contributed by atoms with Gasteiger partial charge in [-0.25, -0.2) is 4.39 Å². The first kappa shape index (κ1) is 18.9. The van der Waals surface area contributed by atoms with Gasteiger partial charge in [-0.2, -0.15) is 5.10 Å². The van der Waals surface area contributed by atoms with Crippen LogP contribution in [0, 0.1) is 0 Å². The van der Waals surface area contributed by atoms with Crippen LogP contribution in [-0.4, -0.2) is 37.5 Å². The van der Waals surface area contributed by atoms with Crippen molar-refractivity contribution in [2.24, 2.45) is 0 Å². The summed E-state index contributed by atoms with van der Waals surface area (Å²) in [5, 5.41) is 14.3. The third kappa shape index (κ3) is 3.42. The molecule has 0 saturated carbocycles. The molecule has 3 aromatic heterocycles. The predicted molar refractivity (Wildman–Crippen MR) is 108 cm³/mol. The Bertz CT molecular complexity index is 1190. The number of aliphatic hydroxyl groups is 1. The van der Waals surface area contributed by atoms with Crippen LogP contribution in [0.3, 0.4) is 0 Å². The highest BCUT2D eigenvalue weighted by molar-refractivity contribution is 5.94. The van der Waals surface area contributed by atoms with Gasteiger partial charge in [0.15, 0.2) is 0 Å². The molecule has 0 fully saturated rings. The van der Waals surface area contributed by atoms with Gasteiger partial charge in [-0.05, 0) is 37.3 Å². The zero-order valence-corrected chi connectivity index (χ0v) is 16.0. The number of hydrogen-bond donors (Lipinski definition) is 1. The number of benzene rings is 1. The van der Waals surface area contributed by atoms with E-state index in [2.05, 4.69) is 5.10 Å². The van der Waals surface area contributed by atoms with E-state index in [1.807, 2.05) is 30.0 Å². The second-order valence-corrected chi connectivity index (χ2v) is 6.55. The lowest BCUT2D eigenvalue weighted by Crippen LogP contribution is -2.20. The maximum atomic E-state index is 13.3. The second kappa shape index (κ2) is 7.92. The topological polar surface area (TPSA) is 74.2 Å². The van der Waals surface area contributed by atoms with Crippen molar-refractivity contribution in [1.82, 2.24) is 18.9 Å². The summed E-state index contributed by atoms with van der Waals surface area (Å²) in [7, 11) is 0. The Balaban J connectivity index is 1.92. The molecule has 0 aliphatic heterocycles. The molecule has 7 nitrogen and oxygen atoms in total. The minimum Gasteiger partial charge on any atom is -0.463 e. The molecule has 29 heavy (non-hydrogen) atoms. The van der Waals surface area contributed by atoms with Gasteiger partial charge in [-0.15, -0.1) is 0 Å². The van der Waals surface area contributed by atoms with E-state index in [-0.39, 0.29) is 12.2 Å². The first-order valence-corrected chi connectivity index (χ1v) is 9.33. The second-order valence-electron chi connectivity index (χ2n) is 6.55. The number of hydrogen-bond acceptors (Lipinski definition) is 4. The number of rotatable bonds is 7. The molecule has 0 radical (unpaired) electrons. The highest BCUT2D eigenvalue weighted by atomic mass is 19.1. The first-order valence-electron chi connectivity index (χ1n) is 9.33. The van der Waals surface area contributed by atoms with Crippen molar-refractivity contribution in [3.63, 3.8) is 0 Å². The number of aliphatic hydroxyl groups excluding tert-OH is 1. The Hall–Kier alpha value is -3.39. The molecular formula is C21H21FN4O3. The van der Waals surface area contributed by atoms with Gasteiger partial charge in [-0.3, -0.25) is 14.0 Å². The van der Waals surface area contributed by atoms with Gasteiger partial charge in [0.1, 0.15) is 11.3 Å². The number of nitrogens with zero attached hydrogens (tertiary/aromatic N) is 4. The number of aromatic nitrogens is 4. The summed E-state index contributed by atoms with van der Waals surface area (Å²) in [6.45, 7) is 2.13. The number of ether oxygens (including phenoxy) is 1. The number of halogens is 1. The lowest BCUT2D eigenvalue weighted by molar-refractivity contribution is 0.192. The van der Waals surface area contributed by atoms with E-state index in [0.29, 0.717) is 30.0 Å². The minimum atomic E-state index is -0.906. The van der Waals surface area contributed by atoms with Gasteiger partial charge in [0.25, 0.3) is 5.56 Å². The molecule has 150 valence electrons. The predicted octanol–water partition coefficient (Wildman–Crippen LogP) is 2.97. The van der Waals surface area contributed by atoms with Crippen LogP contribution in [0.4, 0.5) is 4.39 Å². The molecular weight excluding hydrogens is 375 g/mol. The Morgan fingerprint density at radius 3 is 2.66 bits per heavy atom. The molecule has 1 aromatic carbocycles. The van der Waals surface area contributed by atoms with Crippen molar-refractivity contribution >= 4 is 10.9 Å². The summed E-state index contributed by atoms with van der Waals surface area (Å²) in [5.74, 6) is 0.396. The van der Waals surface area contributed by atoms with Gasteiger partial charge >= 0.3 is 0 Å². The Morgan fingerprint density at radius 2 is 1.97 bits per heavy atom. The van der Waals surface area contributed by atoms with Crippen molar-refractivity contribution in [3.8, 4) is 22.6 Å². The number of pyridine rings is 1. The highest BCUT2D eigenvalue weighted by Gasteiger charge is 2.16. The SMILES string of the molecule is CCn1ccc2c(-c3cnn(CCO)c3)cn(-c3ccc(OCF)cc3)c(=O)c21. The van der Waals surface area contributed by atoms with E-state index in [0.717, 1.165) is 16.5 Å². The van der Waals surface area contributed by atoms with E-state index in [1.165, 1.54) is 0 Å². The maximum Gasteiger partial charge on any atom is 0.279 e. The molecule has 4 aromatic rings. The van der Waals surface area contributed by atoms with Crippen molar-refractivity contribution in [2.45, 2.75) is 20.0 Å². The van der Waals surface area contributed by atoms with E-state index in [1.54, 1.807) is 45.9 Å². The molecule has 0 amide bonds. The van der Waals surface area contributed by atoms with E-state index in [4.69, 9.17) is 9.84 Å². The molecule has 1 N–H and O–H groups in total. The largest absolute Gasteiger partial charge is 0.463 e. The summed E-state index contributed by atoms with van der Waals surface area (Å²) in [6, 6.07) is 8.63. The minimum absolute atomic E-state index is 0.00442. The van der Waals surface area contributed by atoms with Crippen LogP contribution in [0.2, 0.25) is 0 Å². The van der Waals surface area contributed by atoms with Gasteiger partial charge in [0.05, 0.1) is 19.3 Å². The average Bonchev–Trinajstić information content (AvgIpc) is 3.37. The van der Waals surface area contributed by atoms with Crippen LogP contribution in [0.1, 0.15) is 6.92 Å². The summed E-state index contributed by atoms with van der Waals surface area (Å²) in [5.41, 5.74) is 2.82. The van der Waals surface area contributed by atoms with E-state index in [9.17, 15) is 9.18 Å². The molecule has 0 unspecified atom stereocenters. The number of alkyl halides is 1. The van der Waals surface area contributed by atoms with E-state index >= 15 is 0 Å². The Kier molecular flexibility index (Phi) is 5.18. The summed E-state index contributed by atoms with van der Waals surface area (Å²) < 4.78 is 22.4. The van der Waals surface area contributed by atoms with Crippen molar-refractivity contribution < 1.29 is 14.2 Å². The quantitative estimate of drug-likeness (QED) is 0.521. The lowest BCUT2D eigenvalue weighted by Gasteiger charge is -2.12. The number of aryl methyl sites for hydroxylation is 1. The average molecular weight is 396 g/mol. The van der Waals surface area contributed by atoms with Crippen LogP contribution in [0.5, 0.6) is 5.75 Å². The molecule has 0 aliphatic carbocycles. The van der Waals surface area contributed by atoms with Crippen LogP contribution in [-0.2, 0) is 13.1 Å². The molecule has 0 bridgehead atoms. The molecule has 0 spiro atoms. The van der Waals surface area contributed by atoms with Gasteiger partial charge in [0, 0.05) is 47.3 Å². The zero-order chi connectivity index (χ0) is 20.4. The number of fused-ring (bicyclic) bond motifs is 1. The van der Waals surface area contributed by atoms with Crippen LogP contribution in [0.15, 0.2) is 59.9 Å². The third-order valence-corrected chi connectivity index (χ3v) is 4.88. The van der Waals surface area contributed by atoms with Crippen molar-refractivity contribution in [3.05, 3.63) is 65.5 Å². The smallest absolute Gasteiger partial charge is 0.279 e.